The number of hydrogen-bond acceptors (Lipinski definition) is 5. The molecule has 3 N–H and O–H groups in total. The van der Waals surface area contributed by atoms with Crippen LogP contribution < -0.4 is 10.5 Å². The van der Waals surface area contributed by atoms with Crippen molar-refractivity contribution in [1.82, 2.24) is 9.97 Å². The molecule has 2 rings (SSSR count). The first kappa shape index (κ1) is 16.2. The van der Waals surface area contributed by atoms with Crippen LogP contribution in [0.25, 0.3) is 0 Å². The molecule has 112 valence electrons. The van der Waals surface area contributed by atoms with Crippen molar-refractivity contribution in [2.24, 2.45) is 0 Å². The molecule has 0 aliphatic carbocycles. The van der Waals surface area contributed by atoms with Crippen LogP contribution in [-0.4, -0.2) is 18.4 Å². The zero-order valence-electron chi connectivity index (χ0n) is 9.94. The molecule has 0 saturated heterocycles. The summed E-state index contributed by atoms with van der Waals surface area (Å²) in [5.74, 6) is -0.820. The summed E-state index contributed by atoms with van der Waals surface area (Å²) in [6, 6.07) is 3.09. The van der Waals surface area contributed by atoms with Crippen LogP contribution in [0.15, 0.2) is 27.6 Å². The summed E-state index contributed by atoms with van der Waals surface area (Å²) in [7, 11) is -4.10. The van der Waals surface area contributed by atoms with Gasteiger partial charge in [0.15, 0.2) is 0 Å². The van der Waals surface area contributed by atoms with Crippen molar-refractivity contribution in [3.8, 4) is 0 Å². The van der Waals surface area contributed by atoms with Crippen LogP contribution in [0.1, 0.15) is 0 Å². The van der Waals surface area contributed by atoms with Gasteiger partial charge in [0.25, 0.3) is 10.0 Å². The molecule has 0 atom stereocenters. The summed E-state index contributed by atoms with van der Waals surface area (Å²) in [5, 5.41) is -0.269. The van der Waals surface area contributed by atoms with Crippen LogP contribution in [0.5, 0.6) is 0 Å². The lowest BCUT2D eigenvalue weighted by Crippen LogP contribution is -2.16. The van der Waals surface area contributed by atoms with Gasteiger partial charge in [0, 0.05) is 6.07 Å². The van der Waals surface area contributed by atoms with E-state index in [-0.39, 0.29) is 31.3 Å². The van der Waals surface area contributed by atoms with E-state index in [0.717, 1.165) is 12.1 Å². The van der Waals surface area contributed by atoms with Crippen LogP contribution in [0, 0.1) is 5.82 Å². The van der Waals surface area contributed by atoms with Crippen molar-refractivity contribution in [3.63, 3.8) is 0 Å². The lowest BCUT2D eigenvalue weighted by atomic mass is 10.3. The highest BCUT2D eigenvalue weighted by molar-refractivity contribution is 9.10. The molecule has 0 radical (unpaired) electrons. The van der Waals surface area contributed by atoms with E-state index in [4.69, 9.17) is 28.9 Å². The second-order valence-electron chi connectivity index (χ2n) is 3.75. The Balaban J connectivity index is 2.45. The van der Waals surface area contributed by atoms with Crippen molar-refractivity contribution in [3.05, 3.63) is 38.9 Å². The molecule has 21 heavy (non-hydrogen) atoms. The Labute approximate surface area is 137 Å². The van der Waals surface area contributed by atoms with Crippen LogP contribution in [0.2, 0.25) is 10.4 Å². The van der Waals surface area contributed by atoms with Gasteiger partial charge in [-0.15, -0.1) is 0 Å². The van der Waals surface area contributed by atoms with Crippen molar-refractivity contribution in [2.75, 3.05) is 10.5 Å². The number of nitrogens with two attached hydrogens (primary N) is 1. The first-order chi connectivity index (χ1) is 9.69. The van der Waals surface area contributed by atoms with E-state index in [1.165, 1.54) is 6.07 Å². The number of aromatic nitrogens is 2. The SMILES string of the molecule is Nc1cc(F)c(Br)cc1S(=O)(=O)Nc1cc(Cl)nc(Cl)n1. The molecule has 0 amide bonds. The highest BCUT2D eigenvalue weighted by Crippen LogP contribution is 2.27. The third-order valence-electron chi connectivity index (χ3n) is 2.25. The minimum atomic E-state index is -4.10. The fourth-order valence-electron chi connectivity index (χ4n) is 1.41. The van der Waals surface area contributed by atoms with E-state index < -0.39 is 15.8 Å². The molecule has 0 fully saturated rings. The number of rotatable bonds is 3. The summed E-state index contributed by atoms with van der Waals surface area (Å²) < 4.78 is 39.8. The minimum absolute atomic E-state index is 0.0408. The van der Waals surface area contributed by atoms with Gasteiger partial charge in [-0.3, -0.25) is 4.72 Å². The third kappa shape index (κ3) is 3.73. The number of anilines is 2. The Bertz CT molecular complexity index is 799. The second kappa shape index (κ2) is 5.91. The standard InChI is InChI=1S/C10H6BrCl2FN4O2S/c11-4-1-7(6(15)2-5(4)14)21(19,20)18-9-3-8(12)16-10(13)17-9/h1-3H,15H2,(H,16,17,18). The molecule has 0 spiro atoms. The Morgan fingerprint density at radius 3 is 2.52 bits per heavy atom. The van der Waals surface area contributed by atoms with Crippen LogP contribution in [0.4, 0.5) is 15.9 Å². The highest BCUT2D eigenvalue weighted by Gasteiger charge is 2.21. The maximum absolute atomic E-state index is 13.3. The third-order valence-corrected chi connectivity index (χ3v) is 4.63. The summed E-state index contributed by atoms with van der Waals surface area (Å²) in [5.41, 5.74) is 5.27. The largest absolute Gasteiger partial charge is 0.398 e. The van der Waals surface area contributed by atoms with E-state index in [0.29, 0.717) is 0 Å². The molecule has 0 unspecified atom stereocenters. The van der Waals surface area contributed by atoms with Crippen LogP contribution in [-0.2, 0) is 10.0 Å². The van der Waals surface area contributed by atoms with E-state index in [1.54, 1.807) is 0 Å². The molecule has 1 aromatic carbocycles. The number of nitrogen functional groups attached to an aromatic ring is 1. The number of halogens is 4. The number of benzene rings is 1. The van der Waals surface area contributed by atoms with Crippen molar-refractivity contribution in [1.29, 1.82) is 0 Å². The molecule has 6 nitrogen and oxygen atoms in total. The number of nitrogens with zero attached hydrogens (tertiary/aromatic N) is 2. The quantitative estimate of drug-likeness (QED) is 0.456. The number of nitrogens with one attached hydrogen (secondary N) is 1. The van der Waals surface area contributed by atoms with Gasteiger partial charge in [-0.2, -0.15) is 4.98 Å². The molecule has 0 aliphatic heterocycles. The van der Waals surface area contributed by atoms with Crippen molar-refractivity contribution >= 4 is 60.7 Å². The van der Waals surface area contributed by atoms with E-state index in [9.17, 15) is 12.8 Å². The Hall–Kier alpha value is -1.16. The van der Waals surface area contributed by atoms with Gasteiger partial charge in [0.1, 0.15) is 21.7 Å². The maximum atomic E-state index is 13.3. The molecule has 0 saturated carbocycles. The Morgan fingerprint density at radius 2 is 1.90 bits per heavy atom. The lowest BCUT2D eigenvalue weighted by Gasteiger charge is -2.10. The molecule has 1 aromatic heterocycles. The molecule has 0 aliphatic rings. The van der Waals surface area contributed by atoms with Gasteiger partial charge in [0.2, 0.25) is 5.28 Å². The fraction of sp³-hybridized carbons (Fsp3) is 0. The van der Waals surface area contributed by atoms with Gasteiger partial charge < -0.3 is 5.73 Å². The van der Waals surface area contributed by atoms with Crippen LogP contribution in [0.3, 0.4) is 0 Å². The topological polar surface area (TPSA) is 98.0 Å². The zero-order chi connectivity index (χ0) is 15.8. The molecule has 11 heteroatoms. The minimum Gasteiger partial charge on any atom is -0.398 e. The second-order valence-corrected chi connectivity index (χ2v) is 6.99. The summed E-state index contributed by atoms with van der Waals surface area (Å²) >= 11 is 14.1. The molecule has 2 aromatic rings. The highest BCUT2D eigenvalue weighted by atomic mass is 79.9. The fourth-order valence-corrected chi connectivity index (χ4v) is 3.45. The first-order valence-electron chi connectivity index (χ1n) is 5.16. The van der Waals surface area contributed by atoms with Crippen molar-refractivity contribution < 1.29 is 12.8 Å². The molecular formula is C10H6BrCl2FN4O2S. The zero-order valence-corrected chi connectivity index (χ0v) is 13.9. The summed E-state index contributed by atoms with van der Waals surface area (Å²) in [6.45, 7) is 0. The van der Waals surface area contributed by atoms with Gasteiger partial charge >= 0.3 is 0 Å². The summed E-state index contributed by atoms with van der Waals surface area (Å²) in [4.78, 5) is 6.93. The Morgan fingerprint density at radius 1 is 1.24 bits per heavy atom. The maximum Gasteiger partial charge on any atom is 0.265 e. The first-order valence-corrected chi connectivity index (χ1v) is 8.19. The number of sulfonamides is 1. The molecule has 0 bridgehead atoms. The van der Waals surface area contributed by atoms with Gasteiger partial charge in [-0.1, -0.05) is 11.6 Å². The van der Waals surface area contributed by atoms with Gasteiger partial charge in [-0.25, -0.2) is 17.8 Å². The molecule has 1 heterocycles. The smallest absolute Gasteiger partial charge is 0.265 e. The van der Waals surface area contributed by atoms with E-state index in [1.807, 2.05) is 0 Å². The normalized spacial score (nSPS) is 11.4. The van der Waals surface area contributed by atoms with E-state index in [2.05, 4.69) is 30.6 Å². The van der Waals surface area contributed by atoms with E-state index >= 15 is 0 Å². The average molecular weight is 416 g/mol. The lowest BCUT2D eigenvalue weighted by molar-refractivity contribution is 0.599. The van der Waals surface area contributed by atoms with Gasteiger partial charge in [-0.05, 0) is 39.7 Å². The Kier molecular flexibility index (Phi) is 4.57. The average Bonchev–Trinajstić information content (AvgIpc) is 2.31. The monoisotopic (exact) mass is 414 g/mol. The van der Waals surface area contributed by atoms with Crippen LogP contribution >= 0.6 is 39.1 Å². The summed E-state index contributed by atoms with van der Waals surface area (Å²) in [6.07, 6.45) is 0. The predicted molar refractivity (Wildman–Crippen MR) is 81.4 cm³/mol. The van der Waals surface area contributed by atoms with Crippen molar-refractivity contribution in [2.45, 2.75) is 4.90 Å². The predicted octanol–water partition coefficient (Wildman–Crippen LogP) is 3.07. The number of hydrogen-bond donors (Lipinski definition) is 2. The molecular weight excluding hydrogens is 410 g/mol. The van der Waals surface area contributed by atoms with Gasteiger partial charge in [0.05, 0.1) is 10.2 Å².